The summed E-state index contributed by atoms with van der Waals surface area (Å²) in [6.07, 6.45) is -3.73. The quantitative estimate of drug-likeness (QED) is 0.202. The average Bonchev–Trinajstić information content (AvgIpc) is 3.48. The first kappa shape index (κ1) is 30.7. The summed E-state index contributed by atoms with van der Waals surface area (Å²) in [5, 5.41) is 4.92. The van der Waals surface area contributed by atoms with Crippen LogP contribution in [0.2, 0.25) is 0 Å². The highest BCUT2D eigenvalue weighted by atomic mass is 32.1. The number of thiazole rings is 1. The molecule has 0 bridgehead atoms. The van der Waals surface area contributed by atoms with Crippen molar-refractivity contribution in [2.75, 3.05) is 51.3 Å². The Hall–Kier alpha value is -3.73. The van der Waals surface area contributed by atoms with Gasteiger partial charge in [0.1, 0.15) is 0 Å². The molecule has 1 saturated heterocycles. The number of halogens is 3. The molecule has 1 aromatic heterocycles. The maximum Gasteiger partial charge on any atom is 0.416 e. The molecule has 0 unspecified atom stereocenters. The minimum atomic E-state index is -4.45. The number of carbonyl (C=O) groups excluding carboxylic acids is 1. The molecule has 0 aliphatic carbocycles. The number of amides is 2. The number of nitrogens with zero attached hydrogens (tertiary/aromatic N) is 3. The molecule has 0 radical (unpaired) electrons. The van der Waals surface area contributed by atoms with E-state index in [2.05, 4.69) is 39.5 Å². The van der Waals surface area contributed by atoms with Crippen molar-refractivity contribution in [2.45, 2.75) is 25.4 Å². The van der Waals surface area contributed by atoms with E-state index in [4.69, 9.17) is 4.74 Å². The van der Waals surface area contributed by atoms with Crippen LogP contribution in [0.25, 0.3) is 11.3 Å². The Morgan fingerprint density at radius 3 is 2.28 bits per heavy atom. The van der Waals surface area contributed by atoms with Crippen LogP contribution in [0.4, 0.5) is 23.1 Å². The van der Waals surface area contributed by atoms with Crippen LogP contribution in [0, 0.1) is 6.92 Å². The van der Waals surface area contributed by atoms with Crippen molar-refractivity contribution in [3.8, 4) is 11.3 Å². The predicted octanol–water partition coefficient (Wildman–Crippen LogP) is 7.53. The predicted molar refractivity (Wildman–Crippen MR) is 164 cm³/mol. The molecular weight excluding hydrogens is 573 g/mol. The second kappa shape index (κ2) is 14.2. The number of ether oxygens (including phenoxy) is 1. The summed E-state index contributed by atoms with van der Waals surface area (Å²) in [5.74, 6) is 0.108. The number of alkyl halides is 3. The Morgan fingerprint density at radius 2 is 1.65 bits per heavy atom. The Labute approximate surface area is 254 Å². The number of hydrogen-bond acceptors (Lipinski definition) is 5. The molecule has 0 saturated carbocycles. The van der Waals surface area contributed by atoms with Gasteiger partial charge < -0.3 is 9.64 Å². The molecular formula is C33H35F3N4O2S. The number of rotatable bonds is 10. The van der Waals surface area contributed by atoms with Gasteiger partial charge in [-0.2, -0.15) is 13.2 Å². The summed E-state index contributed by atoms with van der Waals surface area (Å²) in [4.78, 5) is 22.2. The van der Waals surface area contributed by atoms with Crippen LogP contribution in [-0.2, 0) is 10.9 Å². The lowest BCUT2D eigenvalue weighted by molar-refractivity contribution is -0.138. The van der Waals surface area contributed by atoms with E-state index in [-0.39, 0.29) is 17.5 Å². The molecule has 1 aliphatic heterocycles. The Bertz CT molecular complexity index is 1440. The number of aryl methyl sites for hydroxylation is 1. The van der Waals surface area contributed by atoms with Gasteiger partial charge in [0.2, 0.25) is 0 Å². The molecule has 43 heavy (non-hydrogen) atoms. The zero-order chi connectivity index (χ0) is 30.2. The van der Waals surface area contributed by atoms with Crippen LogP contribution < -0.4 is 5.32 Å². The monoisotopic (exact) mass is 608 g/mol. The normalized spacial score (nSPS) is 14.2. The second-order valence-electron chi connectivity index (χ2n) is 10.6. The third-order valence-electron chi connectivity index (χ3n) is 7.73. The summed E-state index contributed by atoms with van der Waals surface area (Å²) in [6.45, 7) is 6.16. The molecule has 4 aromatic rings. The summed E-state index contributed by atoms with van der Waals surface area (Å²) < 4.78 is 45.9. The molecule has 2 heterocycles. The minimum absolute atomic E-state index is 0.108. The van der Waals surface area contributed by atoms with Gasteiger partial charge in [-0.15, -0.1) is 11.3 Å². The Kier molecular flexibility index (Phi) is 10.1. The molecule has 2 amide bonds. The van der Waals surface area contributed by atoms with Gasteiger partial charge in [-0.3, -0.25) is 10.2 Å². The Morgan fingerprint density at radius 1 is 1.00 bits per heavy atom. The fourth-order valence-corrected chi connectivity index (χ4v) is 6.01. The van der Waals surface area contributed by atoms with E-state index in [0.29, 0.717) is 49.2 Å². The first-order valence-electron chi connectivity index (χ1n) is 14.4. The number of hydrogen-bond donors (Lipinski definition) is 1. The Balaban J connectivity index is 1.32. The highest BCUT2D eigenvalue weighted by molar-refractivity contribution is 7.14. The van der Waals surface area contributed by atoms with Crippen LogP contribution in [-0.4, -0.2) is 66.8 Å². The largest absolute Gasteiger partial charge is 0.416 e. The molecule has 6 nitrogen and oxygen atoms in total. The van der Waals surface area contributed by atoms with Crippen molar-refractivity contribution in [1.29, 1.82) is 0 Å². The third-order valence-corrected chi connectivity index (χ3v) is 8.48. The molecule has 3 aromatic carbocycles. The molecule has 1 fully saturated rings. The number of nitrogens with one attached hydrogen (secondary N) is 1. The van der Waals surface area contributed by atoms with Crippen molar-refractivity contribution < 1.29 is 22.7 Å². The van der Waals surface area contributed by atoms with Crippen molar-refractivity contribution in [3.63, 3.8) is 0 Å². The summed E-state index contributed by atoms with van der Waals surface area (Å²) in [7, 11) is 0. The van der Waals surface area contributed by atoms with Crippen LogP contribution in [0.3, 0.4) is 0 Å². The van der Waals surface area contributed by atoms with Crippen molar-refractivity contribution in [3.05, 3.63) is 106 Å². The van der Waals surface area contributed by atoms with Crippen LogP contribution in [0.1, 0.15) is 34.6 Å². The topological polar surface area (TPSA) is 57.7 Å². The summed E-state index contributed by atoms with van der Waals surface area (Å²) >= 11 is 1.19. The highest BCUT2D eigenvalue weighted by Crippen LogP contribution is 2.35. The number of benzene rings is 3. The first-order valence-corrected chi connectivity index (χ1v) is 15.3. The first-order chi connectivity index (χ1) is 20.8. The van der Waals surface area contributed by atoms with E-state index in [1.165, 1.54) is 35.5 Å². The van der Waals surface area contributed by atoms with Crippen LogP contribution in [0.15, 0.2) is 84.2 Å². The van der Waals surface area contributed by atoms with Gasteiger partial charge in [0.25, 0.3) is 0 Å². The molecule has 5 rings (SSSR count). The van der Waals surface area contributed by atoms with E-state index in [9.17, 15) is 18.0 Å². The lowest BCUT2D eigenvalue weighted by atomic mass is 9.88. The van der Waals surface area contributed by atoms with E-state index >= 15 is 0 Å². The van der Waals surface area contributed by atoms with E-state index in [0.717, 1.165) is 25.6 Å². The number of aromatic nitrogens is 1. The van der Waals surface area contributed by atoms with Crippen molar-refractivity contribution in [2.24, 2.45) is 0 Å². The van der Waals surface area contributed by atoms with Gasteiger partial charge in [0, 0.05) is 49.6 Å². The standard InChI is InChI=1S/C33H35F3N4O2S/c1-24-12-13-27(22-29(24)33(34,35)36)30-23-43-31(37-30)38-32(41)40(17-16-39-18-20-42-21-19-39)15-14-28(25-8-4-2-5-9-25)26-10-6-3-7-11-26/h2-13,22-23,28H,14-21H2,1H3,(H,37,38,41). The average molecular weight is 609 g/mol. The number of anilines is 1. The zero-order valence-electron chi connectivity index (χ0n) is 24.0. The molecule has 0 atom stereocenters. The van der Waals surface area contributed by atoms with Gasteiger partial charge in [0.05, 0.1) is 24.5 Å². The lowest BCUT2D eigenvalue weighted by Crippen LogP contribution is -2.44. The van der Waals surface area contributed by atoms with Gasteiger partial charge in [-0.25, -0.2) is 9.78 Å². The molecule has 226 valence electrons. The smallest absolute Gasteiger partial charge is 0.379 e. The van der Waals surface area contributed by atoms with Crippen molar-refractivity contribution >= 4 is 22.5 Å². The SMILES string of the molecule is Cc1ccc(-c2csc(NC(=O)N(CCC(c3ccccc3)c3ccccc3)CCN3CCOCC3)n2)cc1C(F)(F)F. The van der Waals surface area contributed by atoms with Gasteiger partial charge in [0.15, 0.2) is 5.13 Å². The molecule has 1 N–H and O–H groups in total. The number of morpholine rings is 1. The maximum atomic E-state index is 13.6. The van der Waals surface area contributed by atoms with Crippen LogP contribution in [0.5, 0.6) is 0 Å². The molecule has 1 aliphatic rings. The van der Waals surface area contributed by atoms with Gasteiger partial charge in [-0.1, -0.05) is 72.8 Å². The minimum Gasteiger partial charge on any atom is -0.379 e. The lowest BCUT2D eigenvalue weighted by Gasteiger charge is -2.31. The zero-order valence-corrected chi connectivity index (χ0v) is 24.8. The highest BCUT2D eigenvalue weighted by Gasteiger charge is 2.32. The number of carbonyl (C=O) groups is 1. The second-order valence-corrected chi connectivity index (χ2v) is 11.5. The fraction of sp³-hybridized carbons (Fsp3) is 0.333. The van der Waals surface area contributed by atoms with E-state index in [1.807, 2.05) is 41.3 Å². The summed E-state index contributed by atoms with van der Waals surface area (Å²) in [5.41, 5.74) is 2.57. The third kappa shape index (κ3) is 8.22. The number of urea groups is 1. The van der Waals surface area contributed by atoms with Gasteiger partial charge >= 0.3 is 12.2 Å². The van der Waals surface area contributed by atoms with E-state index in [1.54, 1.807) is 11.4 Å². The van der Waals surface area contributed by atoms with Crippen molar-refractivity contribution in [1.82, 2.24) is 14.8 Å². The van der Waals surface area contributed by atoms with Crippen LogP contribution >= 0.6 is 11.3 Å². The van der Waals surface area contributed by atoms with E-state index < -0.39 is 11.7 Å². The molecule has 0 spiro atoms. The molecule has 10 heteroatoms. The van der Waals surface area contributed by atoms with Gasteiger partial charge in [-0.05, 0) is 36.1 Å². The fourth-order valence-electron chi connectivity index (χ4n) is 5.30. The summed E-state index contributed by atoms with van der Waals surface area (Å²) in [6, 6.07) is 24.4. The maximum absolute atomic E-state index is 13.6.